The number of carbonyl (C=O) groups is 1. The lowest BCUT2D eigenvalue weighted by Crippen LogP contribution is -2.40. The van der Waals surface area contributed by atoms with Crippen LogP contribution in [-0.4, -0.2) is 30.4 Å². The Labute approximate surface area is 109 Å². The van der Waals surface area contributed by atoms with Crippen molar-refractivity contribution in [3.63, 3.8) is 0 Å². The Morgan fingerprint density at radius 3 is 2.50 bits per heavy atom. The second-order valence-electron chi connectivity index (χ2n) is 5.28. The van der Waals surface area contributed by atoms with Crippen LogP contribution in [0.15, 0.2) is 24.3 Å². The zero-order valence-corrected chi connectivity index (χ0v) is 11.3. The number of likely N-dealkylation sites (tertiary alicyclic amines) is 1. The van der Waals surface area contributed by atoms with Crippen molar-refractivity contribution in [3.8, 4) is 0 Å². The second-order valence-corrected chi connectivity index (χ2v) is 5.28. The quantitative estimate of drug-likeness (QED) is 0.889. The Morgan fingerprint density at radius 2 is 1.89 bits per heavy atom. The van der Waals surface area contributed by atoms with Crippen molar-refractivity contribution in [1.82, 2.24) is 4.90 Å². The van der Waals surface area contributed by atoms with Crippen molar-refractivity contribution in [3.05, 3.63) is 29.8 Å². The predicted molar refractivity (Wildman–Crippen MR) is 74.6 cm³/mol. The molecule has 1 saturated heterocycles. The number of carbonyl (C=O) groups excluding carboxylic acids is 1. The molecule has 1 aliphatic rings. The molecule has 98 valence electrons. The van der Waals surface area contributed by atoms with Crippen LogP contribution in [-0.2, 0) is 4.79 Å². The maximum absolute atomic E-state index is 12.0. The number of aryl methyl sites for hydroxylation is 1. The van der Waals surface area contributed by atoms with Gasteiger partial charge in [-0.3, -0.25) is 4.79 Å². The third-order valence-corrected chi connectivity index (χ3v) is 3.63. The summed E-state index contributed by atoms with van der Waals surface area (Å²) in [7, 11) is 0. The van der Waals surface area contributed by atoms with E-state index >= 15 is 0 Å². The van der Waals surface area contributed by atoms with Crippen LogP contribution in [0.1, 0.15) is 25.3 Å². The standard InChI is InChI=1S/C15H22N2O/c1-12-3-5-14(6-4-12)16-11-15(18)17-9-7-13(2)8-10-17/h3-6,13,16H,7-11H2,1-2H3. The number of amides is 1. The van der Waals surface area contributed by atoms with Gasteiger partial charge in [-0.15, -0.1) is 0 Å². The molecule has 2 rings (SSSR count). The molecule has 0 aromatic heterocycles. The number of benzene rings is 1. The number of piperidine rings is 1. The van der Waals surface area contributed by atoms with E-state index in [-0.39, 0.29) is 5.91 Å². The first-order valence-electron chi connectivity index (χ1n) is 6.73. The predicted octanol–water partition coefficient (Wildman–Crippen LogP) is 2.67. The molecule has 0 bridgehead atoms. The normalized spacial score (nSPS) is 16.7. The van der Waals surface area contributed by atoms with Crippen molar-refractivity contribution in [1.29, 1.82) is 0 Å². The van der Waals surface area contributed by atoms with Gasteiger partial charge in [0, 0.05) is 18.8 Å². The molecule has 0 aliphatic carbocycles. The van der Waals surface area contributed by atoms with Gasteiger partial charge in [-0.05, 0) is 37.8 Å². The van der Waals surface area contributed by atoms with Crippen LogP contribution >= 0.6 is 0 Å². The van der Waals surface area contributed by atoms with E-state index in [4.69, 9.17) is 0 Å². The number of rotatable bonds is 3. The summed E-state index contributed by atoms with van der Waals surface area (Å²) < 4.78 is 0. The topological polar surface area (TPSA) is 32.3 Å². The maximum atomic E-state index is 12.0. The average Bonchev–Trinajstić information content (AvgIpc) is 2.38. The summed E-state index contributed by atoms with van der Waals surface area (Å²) in [5.41, 5.74) is 2.25. The summed E-state index contributed by atoms with van der Waals surface area (Å²) in [6.45, 7) is 6.54. The minimum atomic E-state index is 0.211. The van der Waals surface area contributed by atoms with Crippen LogP contribution < -0.4 is 5.32 Å². The molecule has 3 heteroatoms. The summed E-state index contributed by atoms with van der Waals surface area (Å²) in [5.74, 6) is 0.974. The monoisotopic (exact) mass is 246 g/mol. The van der Waals surface area contributed by atoms with Crippen LogP contribution in [0.5, 0.6) is 0 Å². The molecule has 0 atom stereocenters. The lowest BCUT2D eigenvalue weighted by Gasteiger charge is -2.30. The molecule has 1 amide bonds. The molecule has 0 radical (unpaired) electrons. The van der Waals surface area contributed by atoms with Gasteiger partial charge in [-0.1, -0.05) is 24.6 Å². The summed E-state index contributed by atoms with van der Waals surface area (Å²) in [5, 5.41) is 3.19. The van der Waals surface area contributed by atoms with E-state index in [0.29, 0.717) is 6.54 Å². The van der Waals surface area contributed by atoms with Gasteiger partial charge in [-0.25, -0.2) is 0 Å². The van der Waals surface area contributed by atoms with Crippen molar-refractivity contribution in [2.45, 2.75) is 26.7 Å². The zero-order chi connectivity index (χ0) is 13.0. The first-order chi connectivity index (χ1) is 8.65. The van der Waals surface area contributed by atoms with E-state index < -0.39 is 0 Å². The highest BCUT2D eigenvalue weighted by Gasteiger charge is 2.19. The number of anilines is 1. The number of hydrogen-bond acceptors (Lipinski definition) is 2. The van der Waals surface area contributed by atoms with Gasteiger partial charge in [0.2, 0.25) is 5.91 Å². The van der Waals surface area contributed by atoms with Crippen LogP contribution in [0.2, 0.25) is 0 Å². The summed E-state index contributed by atoms with van der Waals surface area (Å²) >= 11 is 0. The van der Waals surface area contributed by atoms with Crippen molar-refractivity contribution in [2.75, 3.05) is 25.0 Å². The first kappa shape index (κ1) is 12.9. The molecule has 18 heavy (non-hydrogen) atoms. The summed E-state index contributed by atoms with van der Waals surface area (Å²) in [6.07, 6.45) is 2.27. The van der Waals surface area contributed by atoms with Crippen LogP contribution in [0.25, 0.3) is 0 Å². The van der Waals surface area contributed by atoms with Crippen LogP contribution in [0.3, 0.4) is 0 Å². The Morgan fingerprint density at radius 1 is 1.28 bits per heavy atom. The van der Waals surface area contributed by atoms with Gasteiger partial charge in [0.05, 0.1) is 6.54 Å². The third kappa shape index (κ3) is 3.49. The van der Waals surface area contributed by atoms with Gasteiger partial charge in [0.1, 0.15) is 0 Å². The molecule has 1 heterocycles. The van der Waals surface area contributed by atoms with Gasteiger partial charge >= 0.3 is 0 Å². The molecule has 1 N–H and O–H groups in total. The molecule has 0 spiro atoms. The number of nitrogens with zero attached hydrogens (tertiary/aromatic N) is 1. The first-order valence-corrected chi connectivity index (χ1v) is 6.73. The molecule has 1 aromatic carbocycles. The molecule has 1 aliphatic heterocycles. The van der Waals surface area contributed by atoms with Crippen molar-refractivity contribution in [2.24, 2.45) is 5.92 Å². The van der Waals surface area contributed by atoms with Crippen molar-refractivity contribution >= 4 is 11.6 Å². The molecule has 0 unspecified atom stereocenters. The van der Waals surface area contributed by atoms with Gasteiger partial charge in [0.15, 0.2) is 0 Å². The fourth-order valence-corrected chi connectivity index (χ4v) is 2.22. The van der Waals surface area contributed by atoms with E-state index in [1.54, 1.807) is 0 Å². The smallest absolute Gasteiger partial charge is 0.241 e. The minimum absolute atomic E-state index is 0.211. The maximum Gasteiger partial charge on any atom is 0.241 e. The Balaban J connectivity index is 1.79. The van der Waals surface area contributed by atoms with E-state index in [9.17, 15) is 4.79 Å². The van der Waals surface area contributed by atoms with Crippen LogP contribution in [0.4, 0.5) is 5.69 Å². The highest BCUT2D eigenvalue weighted by molar-refractivity contribution is 5.80. The fourth-order valence-electron chi connectivity index (χ4n) is 2.22. The lowest BCUT2D eigenvalue weighted by molar-refractivity contribution is -0.130. The highest BCUT2D eigenvalue weighted by Crippen LogP contribution is 2.16. The summed E-state index contributed by atoms with van der Waals surface area (Å²) in [4.78, 5) is 14.0. The van der Waals surface area contributed by atoms with E-state index in [1.807, 2.05) is 17.0 Å². The lowest BCUT2D eigenvalue weighted by atomic mass is 9.99. The molecule has 0 saturated carbocycles. The van der Waals surface area contributed by atoms with E-state index in [2.05, 4.69) is 31.3 Å². The summed E-state index contributed by atoms with van der Waals surface area (Å²) in [6, 6.07) is 8.13. The molecular weight excluding hydrogens is 224 g/mol. The highest BCUT2D eigenvalue weighted by atomic mass is 16.2. The zero-order valence-electron chi connectivity index (χ0n) is 11.3. The van der Waals surface area contributed by atoms with E-state index in [1.165, 1.54) is 5.56 Å². The second kappa shape index (κ2) is 5.89. The Bertz CT molecular complexity index is 391. The van der Waals surface area contributed by atoms with Gasteiger partial charge in [-0.2, -0.15) is 0 Å². The van der Waals surface area contributed by atoms with Gasteiger partial charge in [0.25, 0.3) is 0 Å². The molecular formula is C15H22N2O. The van der Waals surface area contributed by atoms with Crippen LogP contribution in [0, 0.1) is 12.8 Å². The largest absolute Gasteiger partial charge is 0.376 e. The SMILES string of the molecule is Cc1ccc(NCC(=O)N2CCC(C)CC2)cc1. The fraction of sp³-hybridized carbons (Fsp3) is 0.533. The van der Waals surface area contributed by atoms with Gasteiger partial charge < -0.3 is 10.2 Å². The van der Waals surface area contributed by atoms with E-state index in [0.717, 1.165) is 37.5 Å². The Kier molecular flexibility index (Phi) is 4.24. The number of nitrogens with one attached hydrogen (secondary N) is 1. The Hall–Kier alpha value is -1.51. The molecule has 1 fully saturated rings. The molecule has 1 aromatic rings. The molecule has 3 nitrogen and oxygen atoms in total. The average molecular weight is 246 g/mol. The minimum Gasteiger partial charge on any atom is -0.376 e. The van der Waals surface area contributed by atoms with Crippen molar-refractivity contribution < 1.29 is 4.79 Å². The third-order valence-electron chi connectivity index (χ3n) is 3.63. The number of hydrogen-bond donors (Lipinski definition) is 1.